The highest BCUT2D eigenvalue weighted by Crippen LogP contribution is 2.29. The summed E-state index contributed by atoms with van der Waals surface area (Å²) in [4.78, 5) is 28.2. The Morgan fingerprint density at radius 3 is 2.08 bits per heavy atom. The number of nitrogens with zero attached hydrogens (tertiary/aromatic N) is 3. The Labute approximate surface area is 150 Å². The lowest BCUT2D eigenvalue weighted by atomic mass is 10.1. The molecule has 0 saturated carbocycles. The van der Waals surface area contributed by atoms with Crippen LogP contribution in [-0.4, -0.2) is 44.9 Å². The Balaban J connectivity index is 1.88. The maximum atomic E-state index is 12.3. The first-order chi connectivity index (χ1) is 12.6. The van der Waals surface area contributed by atoms with Gasteiger partial charge in [0, 0.05) is 32.1 Å². The van der Waals surface area contributed by atoms with E-state index in [9.17, 15) is 4.79 Å². The fourth-order valence-electron chi connectivity index (χ4n) is 2.79. The standard InChI is InChI=1S/C19H18N6O/c1-25(2)24-19(26)12-7-8-13-16(11-12)23-18(15-6-4-10-21-15)17(22-13)14-5-3-9-20-14/h3-11,20-21H,1-2H3,(H,24,26). The predicted octanol–water partition coefficient (Wildman–Crippen LogP) is 2.83. The molecule has 130 valence electrons. The number of hydrazine groups is 1. The van der Waals surface area contributed by atoms with E-state index in [0.717, 1.165) is 28.3 Å². The van der Waals surface area contributed by atoms with Crippen molar-refractivity contribution < 1.29 is 4.79 Å². The van der Waals surface area contributed by atoms with E-state index in [1.165, 1.54) is 0 Å². The van der Waals surface area contributed by atoms with Gasteiger partial charge in [-0.25, -0.2) is 15.0 Å². The number of carbonyl (C=O) groups is 1. The highest BCUT2D eigenvalue weighted by molar-refractivity contribution is 5.97. The third-order valence-corrected chi connectivity index (χ3v) is 3.96. The molecule has 3 heterocycles. The van der Waals surface area contributed by atoms with Crippen LogP contribution in [0.15, 0.2) is 54.9 Å². The molecule has 0 fully saturated rings. The van der Waals surface area contributed by atoms with E-state index in [1.54, 1.807) is 31.2 Å². The van der Waals surface area contributed by atoms with E-state index in [2.05, 4.69) is 15.4 Å². The molecule has 0 atom stereocenters. The zero-order chi connectivity index (χ0) is 18.1. The third kappa shape index (κ3) is 2.96. The first-order valence-electron chi connectivity index (χ1n) is 8.19. The smallest absolute Gasteiger partial charge is 0.265 e. The van der Waals surface area contributed by atoms with E-state index in [-0.39, 0.29) is 5.91 Å². The molecule has 0 aliphatic carbocycles. The molecule has 0 spiro atoms. The second-order valence-electron chi connectivity index (χ2n) is 6.13. The van der Waals surface area contributed by atoms with Gasteiger partial charge in [-0.15, -0.1) is 0 Å². The second kappa shape index (κ2) is 6.45. The molecular weight excluding hydrogens is 328 g/mol. The van der Waals surface area contributed by atoms with Crippen LogP contribution in [0.4, 0.5) is 0 Å². The van der Waals surface area contributed by atoms with Crippen molar-refractivity contribution in [1.82, 2.24) is 30.4 Å². The maximum Gasteiger partial charge on any atom is 0.265 e. The summed E-state index contributed by atoms with van der Waals surface area (Å²) in [6, 6.07) is 13.1. The van der Waals surface area contributed by atoms with Crippen LogP contribution < -0.4 is 5.43 Å². The number of nitrogens with one attached hydrogen (secondary N) is 3. The number of fused-ring (bicyclic) bond motifs is 1. The second-order valence-corrected chi connectivity index (χ2v) is 6.13. The van der Waals surface area contributed by atoms with Crippen molar-refractivity contribution in [3.8, 4) is 22.8 Å². The van der Waals surface area contributed by atoms with Crippen molar-refractivity contribution >= 4 is 16.9 Å². The van der Waals surface area contributed by atoms with E-state index >= 15 is 0 Å². The van der Waals surface area contributed by atoms with E-state index in [4.69, 9.17) is 9.97 Å². The van der Waals surface area contributed by atoms with Gasteiger partial charge in [-0.05, 0) is 42.5 Å². The summed E-state index contributed by atoms with van der Waals surface area (Å²) in [5.41, 5.74) is 7.91. The summed E-state index contributed by atoms with van der Waals surface area (Å²) >= 11 is 0. The number of carbonyl (C=O) groups excluding carboxylic acids is 1. The largest absolute Gasteiger partial charge is 0.360 e. The highest BCUT2D eigenvalue weighted by Gasteiger charge is 2.16. The molecule has 26 heavy (non-hydrogen) atoms. The van der Waals surface area contributed by atoms with Crippen LogP contribution in [0.1, 0.15) is 10.4 Å². The molecule has 1 aromatic carbocycles. The van der Waals surface area contributed by atoms with E-state index < -0.39 is 0 Å². The number of rotatable bonds is 4. The minimum Gasteiger partial charge on any atom is -0.360 e. The molecule has 0 bridgehead atoms. The van der Waals surface area contributed by atoms with Gasteiger partial charge >= 0.3 is 0 Å². The summed E-state index contributed by atoms with van der Waals surface area (Å²) in [6.45, 7) is 0. The first-order valence-corrected chi connectivity index (χ1v) is 8.19. The molecule has 0 aliphatic rings. The summed E-state index contributed by atoms with van der Waals surface area (Å²) in [5.74, 6) is -0.187. The average Bonchev–Trinajstić information content (AvgIpc) is 3.33. The van der Waals surface area contributed by atoms with Gasteiger partial charge in [-0.3, -0.25) is 10.2 Å². The number of aromatic nitrogens is 4. The minimum absolute atomic E-state index is 0.187. The van der Waals surface area contributed by atoms with Crippen LogP contribution in [0.3, 0.4) is 0 Å². The van der Waals surface area contributed by atoms with Crippen LogP contribution in [0.25, 0.3) is 33.8 Å². The molecule has 0 saturated heterocycles. The van der Waals surface area contributed by atoms with Crippen molar-refractivity contribution in [2.75, 3.05) is 14.1 Å². The van der Waals surface area contributed by atoms with E-state index in [1.807, 2.05) is 42.7 Å². The van der Waals surface area contributed by atoms with Crippen molar-refractivity contribution in [3.05, 3.63) is 60.4 Å². The average molecular weight is 346 g/mol. The monoisotopic (exact) mass is 346 g/mol. The van der Waals surface area contributed by atoms with Gasteiger partial charge in [0.2, 0.25) is 0 Å². The Bertz CT molecular complexity index is 1050. The zero-order valence-corrected chi connectivity index (χ0v) is 14.4. The molecule has 7 nitrogen and oxygen atoms in total. The van der Waals surface area contributed by atoms with Crippen LogP contribution >= 0.6 is 0 Å². The zero-order valence-electron chi connectivity index (χ0n) is 14.4. The molecule has 0 aliphatic heterocycles. The van der Waals surface area contributed by atoms with Gasteiger partial charge in [-0.1, -0.05) is 0 Å². The van der Waals surface area contributed by atoms with Crippen LogP contribution in [0, 0.1) is 0 Å². The van der Waals surface area contributed by atoms with Crippen molar-refractivity contribution in [2.24, 2.45) is 0 Å². The van der Waals surface area contributed by atoms with Gasteiger partial charge in [-0.2, -0.15) is 0 Å². The molecule has 0 unspecified atom stereocenters. The van der Waals surface area contributed by atoms with Gasteiger partial charge in [0.05, 0.1) is 22.4 Å². The van der Waals surface area contributed by atoms with E-state index in [0.29, 0.717) is 11.1 Å². The quantitative estimate of drug-likeness (QED) is 0.496. The highest BCUT2D eigenvalue weighted by atomic mass is 16.2. The number of H-pyrrole nitrogens is 2. The number of hydrogen-bond donors (Lipinski definition) is 3. The molecule has 3 aromatic heterocycles. The van der Waals surface area contributed by atoms with Crippen molar-refractivity contribution in [3.63, 3.8) is 0 Å². The molecule has 4 rings (SSSR count). The summed E-state index contributed by atoms with van der Waals surface area (Å²) < 4.78 is 0. The minimum atomic E-state index is -0.187. The summed E-state index contributed by atoms with van der Waals surface area (Å²) in [5, 5.41) is 1.61. The SMILES string of the molecule is CN(C)NC(=O)c1ccc2nc(-c3ccc[nH]3)c(-c3ccc[nH]3)nc2c1. The Morgan fingerprint density at radius 2 is 1.54 bits per heavy atom. The molecular formula is C19H18N6O. The Kier molecular flexibility index (Phi) is 3.98. The van der Waals surface area contributed by atoms with Crippen LogP contribution in [0.2, 0.25) is 0 Å². The van der Waals surface area contributed by atoms with Gasteiger partial charge in [0.1, 0.15) is 11.4 Å². The Hall–Kier alpha value is -3.45. The fraction of sp³-hybridized carbons (Fsp3) is 0.105. The number of benzene rings is 1. The maximum absolute atomic E-state index is 12.3. The van der Waals surface area contributed by atoms with Crippen molar-refractivity contribution in [2.45, 2.75) is 0 Å². The molecule has 0 radical (unpaired) electrons. The topological polar surface area (TPSA) is 89.7 Å². The van der Waals surface area contributed by atoms with Crippen molar-refractivity contribution in [1.29, 1.82) is 0 Å². The normalized spacial score (nSPS) is 11.2. The van der Waals surface area contributed by atoms with Gasteiger partial charge in [0.25, 0.3) is 5.91 Å². The summed E-state index contributed by atoms with van der Waals surface area (Å²) in [7, 11) is 3.54. The number of aromatic amines is 2. The number of amides is 1. The lowest BCUT2D eigenvalue weighted by Crippen LogP contribution is -2.36. The third-order valence-electron chi connectivity index (χ3n) is 3.96. The van der Waals surface area contributed by atoms with Gasteiger partial charge in [0.15, 0.2) is 0 Å². The Morgan fingerprint density at radius 1 is 0.923 bits per heavy atom. The van der Waals surface area contributed by atoms with Crippen LogP contribution in [-0.2, 0) is 0 Å². The lowest BCUT2D eigenvalue weighted by molar-refractivity contribution is 0.0857. The summed E-state index contributed by atoms with van der Waals surface area (Å²) in [6.07, 6.45) is 3.70. The molecule has 4 aromatic rings. The number of hydrogen-bond acceptors (Lipinski definition) is 4. The molecule has 3 N–H and O–H groups in total. The lowest BCUT2D eigenvalue weighted by Gasteiger charge is -2.12. The fourth-order valence-corrected chi connectivity index (χ4v) is 2.79. The van der Waals surface area contributed by atoms with Crippen LogP contribution in [0.5, 0.6) is 0 Å². The van der Waals surface area contributed by atoms with Gasteiger partial charge < -0.3 is 9.97 Å². The first kappa shape index (κ1) is 16.0. The molecule has 1 amide bonds. The predicted molar refractivity (Wildman–Crippen MR) is 100 cm³/mol. The molecule has 7 heteroatoms.